The van der Waals surface area contributed by atoms with Gasteiger partial charge in [-0.1, -0.05) is 0 Å². The van der Waals surface area contributed by atoms with E-state index in [9.17, 15) is 4.79 Å². The molecule has 1 amide bonds. The van der Waals surface area contributed by atoms with Crippen LogP contribution in [0, 0.1) is 0 Å². The molecule has 0 radical (unpaired) electrons. The third kappa shape index (κ3) is 5.25. The molecule has 7 heteroatoms. The topological polar surface area (TPSA) is 78.9 Å². The van der Waals surface area contributed by atoms with Gasteiger partial charge in [-0.15, -0.1) is 0 Å². The molecule has 0 saturated heterocycles. The molecular formula is C24H24N2O5. The van der Waals surface area contributed by atoms with Crippen LogP contribution in [-0.2, 0) is 6.61 Å². The standard InChI is InChI=1S/C24H24N2O5/c1-2-28-22-14-18(4-6-21(22)31-16-17-8-10-25-11-9-17)24(27)26-19-5-7-20-23(15-19)30-13-3-12-29-20/h4-11,14-15H,2-3,12-13,16H2,1H3,(H,26,27). The minimum atomic E-state index is -0.254. The van der Waals surface area contributed by atoms with E-state index in [0.717, 1.165) is 12.0 Å². The maximum Gasteiger partial charge on any atom is 0.255 e. The number of fused-ring (bicyclic) bond motifs is 1. The fourth-order valence-electron chi connectivity index (χ4n) is 3.12. The minimum Gasteiger partial charge on any atom is -0.490 e. The second-order valence-corrected chi connectivity index (χ2v) is 6.90. The van der Waals surface area contributed by atoms with Gasteiger partial charge in [-0.3, -0.25) is 9.78 Å². The first-order valence-corrected chi connectivity index (χ1v) is 10.2. The fourth-order valence-corrected chi connectivity index (χ4v) is 3.12. The van der Waals surface area contributed by atoms with Crippen molar-refractivity contribution in [2.75, 3.05) is 25.1 Å². The Morgan fingerprint density at radius 1 is 0.968 bits per heavy atom. The lowest BCUT2D eigenvalue weighted by Gasteiger charge is -2.14. The van der Waals surface area contributed by atoms with Crippen LogP contribution in [0.25, 0.3) is 0 Å². The third-order valence-electron chi connectivity index (χ3n) is 4.65. The number of hydrogen-bond donors (Lipinski definition) is 1. The molecule has 0 fully saturated rings. The summed E-state index contributed by atoms with van der Waals surface area (Å²) in [5.41, 5.74) is 2.09. The van der Waals surface area contributed by atoms with Crippen molar-refractivity contribution < 1.29 is 23.7 Å². The Morgan fingerprint density at radius 2 is 1.77 bits per heavy atom. The Morgan fingerprint density at radius 3 is 2.58 bits per heavy atom. The quantitative estimate of drug-likeness (QED) is 0.607. The largest absolute Gasteiger partial charge is 0.490 e. The van der Waals surface area contributed by atoms with Gasteiger partial charge in [-0.2, -0.15) is 0 Å². The molecule has 0 atom stereocenters. The van der Waals surface area contributed by atoms with Crippen LogP contribution in [0.3, 0.4) is 0 Å². The summed E-state index contributed by atoms with van der Waals surface area (Å²) in [6.45, 7) is 3.93. The molecule has 1 aliphatic heterocycles. The van der Waals surface area contributed by atoms with Gasteiger partial charge in [0, 0.05) is 36.1 Å². The second kappa shape index (κ2) is 9.84. The van der Waals surface area contributed by atoms with Crippen LogP contribution in [0.15, 0.2) is 60.9 Å². The first-order valence-electron chi connectivity index (χ1n) is 10.2. The maximum atomic E-state index is 12.8. The average molecular weight is 420 g/mol. The Labute approximate surface area is 180 Å². The lowest BCUT2D eigenvalue weighted by molar-refractivity contribution is 0.102. The first-order chi connectivity index (χ1) is 15.2. The highest BCUT2D eigenvalue weighted by Crippen LogP contribution is 2.33. The van der Waals surface area contributed by atoms with Crippen LogP contribution in [0.1, 0.15) is 29.3 Å². The zero-order valence-corrected chi connectivity index (χ0v) is 17.3. The summed E-state index contributed by atoms with van der Waals surface area (Å²) >= 11 is 0. The highest BCUT2D eigenvalue weighted by atomic mass is 16.5. The van der Waals surface area contributed by atoms with E-state index in [0.29, 0.717) is 60.7 Å². The normalized spacial score (nSPS) is 12.5. The molecule has 0 unspecified atom stereocenters. The summed E-state index contributed by atoms with van der Waals surface area (Å²) < 4.78 is 22.9. The van der Waals surface area contributed by atoms with Gasteiger partial charge in [0.25, 0.3) is 5.91 Å². The number of hydrogen-bond acceptors (Lipinski definition) is 6. The van der Waals surface area contributed by atoms with E-state index in [1.165, 1.54) is 0 Å². The van der Waals surface area contributed by atoms with Gasteiger partial charge in [0.15, 0.2) is 23.0 Å². The number of nitrogens with zero attached hydrogens (tertiary/aromatic N) is 1. The molecule has 0 spiro atoms. The van der Waals surface area contributed by atoms with E-state index < -0.39 is 0 Å². The fraction of sp³-hybridized carbons (Fsp3) is 0.250. The molecule has 2 aromatic carbocycles. The molecule has 1 aliphatic rings. The van der Waals surface area contributed by atoms with E-state index in [1.807, 2.05) is 19.1 Å². The third-order valence-corrected chi connectivity index (χ3v) is 4.65. The van der Waals surface area contributed by atoms with Crippen LogP contribution in [0.5, 0.6) is 23.0 Å². The van der Waals surface area contributed by atoms with Crippen molar-refractivity contribution >= 4 is 11.6 Å². The first kappa shape index (κ1) is 20.5. The molecule has 3 aromatic rings. The number of ether oxygens (including phenoxy) is 4. The molecule has 2 heterocycles. The summed E-state index contributed by atoms with van der Waals surface area (Å²) in [5.74, 6) is 2.15. The summed E-state index contributed by atoms with van der Waals surface area (Å²) in [5, 5.41) is 2.90. The SMILES string of the molecule is CCOc1cc(C(=O)Nc2ccc3c(c2)OCCCO3)ccc1OCc1ccncc1. The maximum absolute atomic E-state index is 12.8. The molecule has 4 rings (SSSR count). The van der Waals surface area contributed by atoms with E-state index in [1.54, 1.807) is 48.8 Å². The van der Waals surface area contributed by atoms with Crippen molar-refractivity contribution in [3.8, 4) is 23.0 Å². The zero-order chi connectivity index (χ0) is 21.5. The summed E-state index contributed by atoms with van der Waals surface area (Å²) in [7, 11) is 0. The van der Waals surface area contributed by atoms with E-state index in [4.69, 9.17) is 18.9 Å². The summed E-state index contributed by atoms with van der Waals surface area (Å²) in [6, 6.07) is 14.3. The minimum absolute atomic E-state index is 0.254. The second-order valence-electron chi connectivity index (χ2n) is 6.90. The molecule has 0 saturated carbocycles. The monoisotopic (exact) mass is 420 g/mol. The zero-order valence-electron chi connectivity index (χ0n) is 17.3. The number of carbonyl (C=O) groups excluding carboxylic acids is 1. The number of nitrogens with one attached hydrogen (secondary N) is 1. The van der Waals surface area contributed by atoms with E-state index in [2.05, 4.69) is 10.3 Å². The Kier molecular flexibility index (Phi) is 6.52. The van der Waals surface area contributed by atoms with Gasteiger partial charge in [0.05, 0.1) is 19.8 Å². The lowest BCUT2D eigenvalue weighted by Crippen LogP contribution is -2.12. The van der Waals surface area contributed by atoms with Crippen molar-refractivity contribution in [2.24, 2.45) is 0 Å². The van der Waals surface area contributed by atoms with Gasteiger partial charge in [-0.25, -0.2) is 0 Å². The number of pyridine rings is 1. The molecular weight excluding hydrogens is 396 g/mol. The van der Waals surface area contributed by atoms with Gasteiger partial charge in [-0.05, 0) is 55.0 Å². The van der Waals surface area contributed by atoms with E-state index in [-0.39, 0.29) is 5.91 Å². The van der Waals surface area contributed by atoms with Crippen LogP contribution >= 0.6 is 0 Å². The van der Waals surface area contributed by atoms with Crippen molar-refractivity contribution in [3.05, 3.63) is 72.1 Å². The number of benzene rings is 2. The van der Waals surface area contributed by atoms with Gasteiger partial charge in [0.1, 0.15) is 6.61 Å². The van der Waals surface area contributed by atoms with Crippen molar-refractivity contribution in [3.63, 3.8) is 0 Å². The van der Waals surface area contributed by atoms with Gasteiger partial charge in [0.2, 0.25) is 0 Å². The van der Waals surface area contributed by atoms with Crippen LogP contribution in [0.4, 0.5) is 5.69 Å². The smallest absolute Gasteiger partial charge is 0.255 e. The summed E-state index contributed by atoms with van der Waals surface area (Å²) in [4.78, 5) is 16.8. The predicted molar refractivity (Wildman–Crippen MR) is 116 cm³/mol. The lowest BCUT2D eigenvalue weighted by atomic mass is 10.1. The van der Waals surface area contributed by atoms with Gasteiger partial charge >= 0.3 is 0 Å². The van der Waals surface area contributed by atoms with Crippen LogP contribution in [0.2, 0.25) is 0 Å². The van der Waals surface area contributed by atoms with Crippen molar-refractivity contribution in [1.29, 1.82) is 0 Å². The summed E-state index contributed by atoms with van der Waals surface area (Å²) in [6.07, 6.45) is 4.26. The molecule has 1 N–H and O–H groups in total. The molecule has 1 aromatic heterocycles. The highest BCUT2D eigenvalue weighted by Gasteiger charge is 2.15. The number of aromatic nitrogens is 1. The van der Waals surface area contributed by atoms with Crippen LogP contribution in [-0.4, -0.2) is 30.7 Å². The average Bonchev–Trinajstić information content (AvgIpc) is 3.04. The molecule has 0 aliphatic carbocycles. The molecule has 0 bridgehead atoms. The molecule has 31 heavy (non-hydrogen) atoms. The number of amides is 1. The number of anilines is 1. The molecule has 7 nitrogen and oxygen atoms in total. The van der Waals surface area contributed by atoms with Crippen molar-refractivity contribution in [1.82, 2.24) is 4.98 Å². The van der Waals surface area contributed by atoms with Crippen LogP contribution < -0.4 is 24.3 Å². The Hall–Kier alpha value is -3.74. The molecule has 160 valence electrons. The number of rotatable bonds is 7. The van der Waals surface area contributed by atoms with E-state index >= 15 is 0 Å². The van der Waals surface area contributed by atoms with Crippen molar-refractivity contribution in [2.45, 2.75) is 20.0 Å². The Bertz CT molecular complexity index is 1040. The Balaban J connectivity index is 1.47. The number of carbonyl (C=O) groups is 1. The van der Waals surface area contributed by atoms with Gasteiger partial charge < -0.3 is 24.3 Å². The predicted octanol–water partition coefficient (Wildman–Crippen LogP) is 4.47. The highest BCUT2D eigenvalue weighted by molar-refractivity contribution is 6.04.